The van der Waals surface area contributed by atoms with E-state index in [0.717, 1.165) is 19.5 Å². The Morgan fingerprint density at radius 1 is 1.32 bits per heavy atom. The van der Waals surface area contributed by atoms with E-state index in [1.807, 2.05) is 12.1 Å². The van der Waals surface area contributed by atoms with E-state index in [2.05, 4.69) is 23.7 Å². The Kier molecular flexibility index (Phi) is 6.50. The van der Waals surface area contributed by atoms with Crippen LogP contribution >= 0.6 is 0 Å². The number of hydrogen-bond donors (Lipinski definition) is 1. The average molecular weight is 264 g/mol. The van der Waals surface area contributed by atoms with Crippen molar-refractivity contribution in [3.05, 3.63) is 30.1 Å². The van der Waals surface area contributed by atoms with Gasteiger partial charge >= 0.3 is 5.97 Å². The fourth-order valence-corrected chi connectivity index (χ4v) is 1.89. The van der Waals surface area contributed by atoms with Gasteiger partial charge in [0.1, 0.15) is 0 Å². The summed E-state index contributed by atoms with van der Waals surface area (Å²) in [5.74, 6) is -0.446. The fourth-order valence-electron chi connectivity index (χ4n) is 1.89. The summed E-state index contributed by atoms with van der Waals surface area (Å²) < 4.78 is 0. The summed E-state index contributed by atoms with van der Waals surface area (Å²) in [6.45, 7) is 8.43. The maximum atomic E-state index is 11.0. The quantitative estimate of drug-likeness (QED) is 0.784. The molecule has 1 aromatic heterocycles. The van der Waals surface area contributed by atoms with Crippen LogP contribution in [0.1, 0.15) is 32.8 Å². The Balaban J connectivity index is 2.60. The van der Waals surface area contributed by atoms with Gasteiger partial charge in [-0.1, -0.05) is 20.8 Å². The standard InChI is InChI=1S/C15H24N2O2/c1-12(2)6-9-17(10-13(3)15(18)19)11-14-4-7-16-8-5-14/h4-5,7-8,12-13H,6,9-11H2,1-3H3,(H,18,19). The molecule has 0 bridgehead atoms. The second kappa shape index (κ2) is 7.89. The molecule has 0 amide bonds. The molecule has 0 fully saturated rings. The summed E-state index contributed by atoms with van der Waals surface area (Å²) in [6.07, 6.45) is 4.63. The minimum absolute atomic E-state index is 0.339. The molecule has 0 saturated heterocycles. The topological polar surface area (TPSA) is 53.4 Å². The highest BCUT2D eigenvalue weighted by Gasteiger charge is 2.16. The minimum atomic E-state index is -0.732. The van der Waals surface area contributed by atoms with Gasteiger partial charge in [0.25, 0.3) is 0 Å². The van der Waals surface area contributed by atoms with Crippen molar-refractivity contribution in [1.29, 1.82) is 0 Å². The van der Waals surface area contributed by atoms with E-state index in [4.69, 9.17) is 5.11 Å². The van der Waals surface area contributed by atoms with Crippen molar-refractivity contribution >= 4 is 5.97 Å². The lowest BCUT2D eigenvalue weighted by molar-refractivity contribution is -0.141. The van der Waals surface area contributed by atoms with E-state index in [-0.39, 0.29) is 5.92 Å². The third-order valence-corrected chi connectivity index (χ3v) is 3.13. The van der Waals surface area contributed by atoms with Gasteiger partial charge in [-0.15, -0.1) is 0 Å². The maximum Gasteiger partial charge on any atom is 0.307 e. The van der Waals surface area contributed by atoms with E-state index >= 15 is 0 Å². The molecule has 0 aromatic carbocycles. The molecule has 0 radical (unpaired) electrons. The highest BCUT2D eigenvalue weighted by Crippen LogP contribution is 2.10. The highest BCUT2D eigenvalue weighted by molar-refractivity contribution is 5.69. The first-order valence-electron chi connectivity index (χ1n) is 6.83. The van der Waals surface area contributed by atoms with Crippen molar-refractivity contribution in [2.75, 3.05) is 13.1 Å². The van der Waals surface area contributed by atoms with E-state index in [1.54, 1.807) is 19.3 Å². The van der Waals surface area contributed by atoms with Gasteiger partial charge in [0.2, 0.25) is 0 Å². The predicted octanol–water partition coefficient (Wildman–Crippen LogP) is 2.65. The molecule has 0 spiro atoms. The number of nitrogens with zero attached hydrogens (tertiary/aromatic N) is 2. The second-order valence-electron chi connectivity index (χ2n) is 5.51. The van der Waals surface area contributed by atoms with Crippen molar-refractivity contribution in [1.82, 2.24) is 9.88 Å². The molecular weight excluding hydrogens is 240 g/mol. The van der Waals surface area contributed by atoms with Crippen LogP contribution in [0.25, 0.3) is 0 Å². The van der Waals surface area contributed by atoms with Gasteiger partial charge in [-0.2, -0.15) is 0 Å². The number of carboxylic acids is 1. The summed E-state index contributed by atoms with van der Waals surface area (Å²) in [4.78, 5) is 17.2. The highest BCUT2D eigenvalue weighted by atomic mass is 16.4. The van der Waals surface area contributed by atoms with Gasteiger partial charge in [0.15, 0.2) is 0 Å². The van der Waals surface area contributed by atoms with Gasteiger partial charge in [-0.3, -0.25) is 14.7 Å². The first-order valence-corrected chi connectivity index (χ1v) is 6.83. The van der Waals surface area contributed by atoms with Gasteiger partial charge in [0, 0.05) is 25.5 Å². The smallest absolute Gasteiger partial charge is 0.307 e. The molecule has 1 unspecified atom stereocenters. The van der Waals surface area contributed by atoms with Gasteiger partial charge in [-0.25, -0.2) is 0 Å². The van der Waals surface area contributed by atoms with E-state index in [1.165, 1.54) is 5.56 Å². The number of pyridine rings is 1. The zero-order chi connectivity index (χ0) is 14.3. The maximum absolute atomic E-state index is 11.0. The molecule has 106 valence electrons. The Labute approximate surface area is 115 Å². The molecule has 1 N–H and O–H groups in total. The van der Waals surface area contributed by atoms with Gasteiger partial charge in [0.05, 0.1) is 5.92 Å². The van der Waals surface area contributed by atoms with Crippen LogP contribution in [0.15, 0.2) is 24.5 Å². The molecule has 4 nitrogen and oxygen atoms in total. The van der Waals surface area contributed by atoms with Crippen molar-refractivity contribution in [3.8, 4) is 0 Å². The van der Waals surface area contributed by atoms with Crippen LogP contribution in [0.2, 0.25) is 0 Å². The predicted molar refractivity (Wildman–Crippen MR) is 75.8 cm³/mol. The van der Waals surface area contributed by atoms with Crippen molar-refractivity contribution in [2.24, 2.45) is 11.8 Å². The zero-order valence-corrected chi connectivity index (χ0v) is 12.0. The summed E-state index contributed by atoms with van der Waals surface area (Å²) >= 11 is 0. The molecule has 1 aromatic rings. The molecule has 1 heterocycles. The molecule has 1 rings (SSSR count). The Morgan fingerprint density at radius 3 is 2.47 bits per heavy atom. The van der Waals surface area contributed by atoms with E-state index in [0.29, 0.717) is 12.5 Å². The Bertz CT molecular complexity index is 379. The number of aliphatic carboxylic acids is 1. The average Bonchev–Trinajstić information content (AvgIpc) is 2.37. The number of aromatic nitrogens is 1. The van der Waals surface area contributed by atoms with Crippen molar-refractivity contribution in [3.63, 3.8) is 0 Å². The van der Waals surface area contributed by atoms with E-state index in [9.17, 15) is 4.79 Å². The lowest BCUT2D eigenvalue weighted by Crippen LogP contribution is -2.32. The van der Waals surface area contributed by atoms with Gasteiger partial charge in [-0.05, 0) is 36.6 Å². The van der Waals surface area contributed by atoms with E-state index < -0.39 is 5.97 Å². The summed E-state index contributed by atoms with van der Waals surface area (Å²) in [6, 6.07) is 3.96. The fraction of sp³-hybridized carbons (Fsp3) is 0.600. The molecular formula is C15H24N2O2. The van der Waals surface area contributed by atoms with Crippen molar-refractivity contribution < 1.29 is 9.90 Å². The monoisotopic (exact) mass is 264 g/mol. The van der Waals surface area contributed by atoms with Crippen LogP contribution in [0.5, 0.6) is 0 Å². The number of carboxylic acid groups (broad SMARTS) is 1. The first-order chi connectivity index (χ1) is 8.99. The zero-order valence-electron chi connectivity index (χ0n) is 12.0. The summed E-state index contributed by atoms with van der Waals surface area (Å²) in [7, 11) is 0. The third-order valence-electron chi connectivity index (χ3n) is 3.13. The Hall–Kier alpha value is -1.42. The Morgan fingerprint density at radius 2 is 1.95 bits per heavy atom. The van der Waals surface area contributed by atoms with Crippen LogP contribution in [-0.4, -0.2) is 34.0 Å². The molecule has 0 aliphatic rings. The van der Waals surface area contributed by atoms with Crippen LogP contribution in [0.4, 0.5) is 0 Å². The van der Waals surface area contributed by atoms with Crippen molar-refractivity contribution in [2.45, 2.75) is 33.7 Å². The minimum Gasteiger partial charge on any atom is -0.481 e. The molecule has 1 atom stereocenters. The van der Waals surface area contributed by atoms with Crippen LogP contribution in [-0.2, 0) is 11.3 Å². The van der Waals surface area contributed by atoms with Crippen LogP contribution < -0.4 is 0 Å². The molecule has 0 saturated carbocycles. The normalized spacial score (nSPS) is 12.9. The molecule has 4 heteroatoms. The largest absolute Gasteiger partial charge is 0.481 e. The molecule has 19 heavy (non-hydrogen) atoms. The SMILES string of the molecule is CC(C)CCN(Cc1ccncc1)CC(C)C(=O)O. The second-order valence-corrected chi connectivity index (χ2v) is 5.51. The lowest BCUT2D eigenvalue weighted by atomic mass is 10.1. The molecule has 0 aliphatic heterocycles. The number of carbonyl (C=O) groups is 1. The number of rotatable bonds is 8. The third kappa shape index (κ3) is 6.34. The summed E-state index contributed by atoms with van der Waals surface area (Å²) in [5.41, 5.74) is 1.18. The van der Waals surface area contributed by atoms with Crippen LogP contribution in [0.3, 0.4) is 0 Å². The van der Waals surface area contributed by atoms with Gasteiger partial charge < -0.3 is 5.11 Å². The lowest BCUT2D eigenvalue weighted by Gasteiger charge is -2.25. The number of hydrogen-bond acceptors (Lipinski definition) is 3. The van der Waals surface area contributed by atoms with Crippen LogP contribution in [0, 0.1) is 11.8 Å². The molecule has 0 aliphatic carbocycles. The first kappa shape index (κ1) is 15.6. The summed E-state index contributed by atoms with van der Waals surface area (Å²) in [5, 5.41) is 9.04.